The zero-order valence-corrected chi connectivity index (χ0v) is 18.7. The molecule has 1 amide bonds. The zero-order chi connectivity index (χ0) is 22.1. The van der Waals surface area contributed by atoms with Crippen LogP contribution in [-0.2, 0) is 24.2 Å². The molecular formula is C27H32N2O2. The Morgan fingerprint density at radius 3 is 2.06 bits per heavy atom. The van der Waals surface area contributed by atoms with Gasteiger partial charge in [-0.15, -0.1) is 0 Å². The molecule has 0 atom stereocenters. The maximum Gasteiger partial charge on any atom is 0.224 e. The van der Waals surface area contributed by atoms with Gasteiger partial charge >= 0.3 is 0 Å². The Hall–Kier alpha value is -3.27. The van der Waals surface area contributed by atoms with Gasteiger partial charge in [-0.25, -0.2) is 0 Å². The Morgan fingerprint density at radius 1 is 0.839 bits per heavy atom. The first-order valence-corrected chi connectivity index (χ1v) is 10.8. The summed E-state index contributed by atoms with van der Waals surface area (Å²) in [6.45, 7) is 5.82. The summed E-state index contributed by atoms with van der Waals surface area (Å²) in [5.74, 6) is 1.43. The number of anilines is 1. The molecule has 0 aromatic heterocycles. The maximum absolute atomic E-state index is 12.2. The van der Waals surface area contributed by atoms with E-state index in [9.17, 15) is 4.79 Å². The average Bonchev–Trinajstić information content (AvgIpc) is 2.79. The lowest BCUT2D eigenvalue weighted by Gasteiger charge is -2.10. The molecule has 0 bridgehead atoms. The van der Waals surface area contributed by atoms with Crippen molar-refractivity contribution >= 4 is 11.6 Å². The molecule has 3 aromatic rings. The van der Waals surface area contributed by atoms with Crippen molar-refractivity contribution < 1.29 is 9.53 Å². The van der Waals surface area contributed by atoms with Crippen molar-refractivity contribution in [3.05, 3.63) is 95.1 Å². The molecular weight excluding hydrogens is 384 g/mol. The lowest BCUT2D eigenvalue weighted by Crippen LogP contribution is -2.27. The van der Waals surface area contributed by atoms with Gasteiger partial charge in [-0.2, -0.15) is 0 Å². The normalized spacial score (nSPS) is 10.7. The third-order valence-corrected chi connectivity index (χ3v) is 5.36. The van der Waals surface area contributed by atoms with Crippen LogP contribution in [0.25, 0.3) is 0 Å². The quantitative estimate of drug-likeness (QED) is 0.469. The second-order valence-corrected chi connectivity index (χ2v) is 8.07. The fourth-order valence-electron chi connectivity index (χ4n) is 3.35. The van der Waals surface area contributed by atoms with Gasteiger partial charge in [-0.3, -0.25) is 4.79 Å². The predicted molar refractivity (Wildman–Crippen MR) is 128 cm³/mol. The van der Waals surface area contributed by atoms with Crippen LogP contribution in [0, 0.1) is 0 Å². The fourth-order valence-corrected chi connectivity index (χ4v) is 3.35. The highest BCUT2D eigenvalue weighted by atomic mass is 16.5. The van der Waals surface area contributed by atoms with E-state index in [1.165, 1.54) is 16.7 Å². The van der Waals surface area contributed by atoms with Gasteiger partial charge in [-0.05, 0) is 58.9 Å². The summed E-state index contributed by atoms with van der Waals surface area (Å²) < 4.78 is 5.16. The van der Waals surface area contributed by atoms with Crippen molar-refractivity contribution in [2.24, 2.45) is 0 Å². The summed E-state index contributed by atoms with van der Waals surface area (Å²) in [6, 6.07) is 24.7. The van der Waals surface area contributed by atoms with E-state index in [-0.39, 0.29) is 5.91 Å². The van der Waals surface area contributed by atoms with Gasteiger partial charge in [0.15, 0.2) is 0 Å². The Kier molecular flexibility index (Phi) is 8.11. The minimum absolute atomic E-state index is 0.0412. The molecule has 0 saturated carbocycles. The van der Waals surface area contributed by atoms with Crippen LogP contribution < -0.4 is 15.4 Å². The van der Waals surface area contributed by atoms with Gasteiger partial charge in [0, 0.05) is 18.8 Å². The second-order valence-electron chi connectivity index (χ2n) is 8.07. The van der Waals surface area contributed by atoms with E-state index >= 15 is 0 Å². The first-order valence-electron chi connectivity index (χ1n) is 10.8. The molecule has 3 aromatic carbocycles. The van der Waals surface area contributed by atoms with Crippen molar-refractivity contribution in [1.29, 1.82) is 0 Å². The molecule has 0 fully saturated rings. The van der Waals surface area contributed by atoms with Crippen molar-refractivity contribution in [1.82, 2.24) is 5.32 Å². The Bertz CT molecular complexity index is 946. The molecule has 0 spiro atoms. The maximum atomic E-state index is 12.2. The third kappa shape index (κ3) is 7.18. The largest absolute Gasteiger partial charge is 0.497 e. The molecule has 162 valence electrons. The average molecular weight is 417 g/mol. The van der Waals surface area contributed by atoms with E-state index in [4.69, 9.17) is 4.74 Å². The molecule has 0 saturated heterocycles. The Balaban J connectivity index is 1.40. The number of nitrogens with one attached hydrogen (secondary N) is 2. The van der Waals surface area contributed by atoms with Gasteiger partial charge in [0.1, 0.15) is 5.75 Å². The van der Waals surface area contributed by atoms with Crippen LogP contribution in [0.15, 0.2) is 72.8 Å². The summed E-state index contributed by atoms with van der Waals surface area (Å²) in [6.07, 6.45) is 1.19. The minimum atomic E-state index is 0.0412. The number of amides is 1. The third-order valence-electron chi connectivity index (χ3n) is 5.36. The summed E-state index contributed by atoms with van der Waals surface area (Å²) in [5, 5.41) is 6.44. The van der Waals surface area contributed by atoms with E-state index < -0.39 is 0 Å². The number of hydrogen-bond acceptors (Lipinski definition) is 3. The fraction of sp³-hybridized carbons (Fsp3) is 0.296. The molecule has 4 nitrogen and oxygen atoms in total. The van der Waals surface area contributed by atoms with Crippen LogP contribution in [0.5, 0.6) is 5.75 Å². The summed E-state index contributed by atoms with van der Waals surface area (Å²) in [4.78, 5) is 12.2. The molecule has 0 unspecified atom stereocenters. The molecule has 2 N–H and O–H groups in total. The molecule has 0 aliphatic heterocycles. The number of ether oxygens (including phenoxy) is 1. The standard InChI is InChI=1S/C27H32N2O2/c1-20(2)24-10-4-23(5-11-24)19-29-25-12-6-22(7-13-25)18-27(30)28-17-16-21-8-14-26(31-3)15-9-21/h4-15,20,29H,16-19H2,1-3H3,(H,28,30). The van der Waals surface area contributed by atoms with Crippen LogP contribution in [0.2, 0.25) is 0 Å². The monoisotopic (exact) mass is 416 g/mol. The highest BCUT2D eigenvalue weighted by Gasteiger charge is 2.04. The number of rotatable bonds is 10. The summed E-state index contributed by atoms with van der Waals surface area (Å²) in [5.41, 5.74) is 5.85. The molecule has 4 heteroatoms. The number of carbonyl (C=O) groups excluding carboxylic acids is 1. The smallest absolute Gasteiger partial charge is 0.224 e. The Morgan fingerprint density at radius 2 is 1.45 bits per heavy atom. The molecule has 0 heterocycles. The van der Waals surface area contributed by atoms with Gasteiger partial charge < -0.3 is 15.4 Å². The first kappa shape index (κ1) is 22.4. The number of carbonyl (C=O) groups is 1. The summed E-state index contributed by atoms with van der Waals surface area (Å²) in [7, 11) is 1.66. The first-order chi connectivity index (χ1) is 15.0. The van der Waals surface area contributed by atoms with Crippen LogP contribution in [0.1, 0.15) is 42.0 Å². The SMILES string of the molecule is COc1ccc(CCNC(=O)Cc2ccc(NCc3ccc(C(C)C)cc3)cc2)cc1. The van der Waals surface area contributed by atoms with Gasteiger partial charge in [0.25, 0.3) is 0 Å². The van der Waals surface area contributed by atoms with Crippen molar-refractivity contribution in [3.8, 4) is 5.75 Å². The number of hydrogen-bond donors (Lipinski definition) is 2. The van der Waals surface area contributed by atoms with Crippen LogP contribution in [0.3, 0.4) is 0 Å². The molecule has 0 aliphatic rings. The minimum Gasteiger partial charge on any atom is -0.497 e. The zero-order valence-electron chi connectivity index (χ0n) is 18.7. The predicted octanol–water partition coefficient (Wildman–Crippen LogP) is 5.33. The van der Waals surface area contributed by atoms with Crippen LogP contribution in [0.4, 0.5) is 5.69 Å². The number of benzene rings is 3. The van der Waals surface area contributed by atoms with Crippen LogP contribution >= 0.6 is 0 Å². The topological polar surface area (TPSA) is 50.4 Å². The van der Waals surface area contributed by atoms with Gasteiger partial charge in [-0.1, -0.05) is 62.4 Å². The number of methoxy groups -OCH3 is 1. The van der Waals surface area contributed by atoms with E-state index in [0.717, 1.165) is 30.0 Å². The van der Waals surface area contributed by atoms with Crippen LogP contribution in [-0.4, -0.2) is 19.6 Å². The van der Waals surface area contributed by atoms with E-state index in [1.54, 1.807) is 7.11 Å². The molecule has 0 radical (unpaired) electrons. The van der Waals surface area contributed by atoms with E-state index in [0.29, 0.717) is 18.9 Å². The molecule has 31 heavy (non-hydrogen) atoms. The van der Waals surface area contributed by atoms with Crippen molar-refractivity contribution in [2.75, 3.05) is 19.0 Å². The molecule has 0 aliphatic carbocycles. The lowest BCUT2D eigenvalue weighted by atomic mass is 10.0. The van der Waals surface area contributed by atoms with E-state index in [1.807, 2.05) is 48.5 Å². The van der Waals surface area contributed by atoms with Gasteiger partial charge in [0.05, 0.1) is 13.5 Å². The Labute approximate surface area is 185 Å². The van der Waals surface area contributed by atoms with Crippen molar-refractivity contribution in [2.45, 2.75) is 39.2 Å². The van der Waals surface area contributed by atoms with Gasteiger partial charge in [0.2, 0.25) is 5.91 Å². The second kappa shape index (κ2) is 11.2. The highest BCUT2D eigenvalue weighted by Crippen LogP contribution is 2.16. The molecule has 3 rings (SSSR count). The lowest BCUT2D eigenvalue weighted by molar-refractivity contribution is -0.120. The van der Waals surface area contributed by atoms with E-state index in [2.05, 4.69) is 48.7 Å². The van der Waals surface area contributed by atoms with Crippen molar-refractivity contribution in [3.63, 3.8) is 0 Å². The summed E-state index contributed by atoms with van der Waals surface area (Å²) >= 11 is 0. The highest BCUT2D eigenvalue weighted by molar-refractivity contribution is 5.78.